The zero-order valence-corrected chi connectivity index (χ0v) is 31.1. The molecule has 0 amide bonds. The van der Waals surface area contributed by atoms with Gasteiger partial charge in [-0.2, -0.15) is 0 Å². The Morgan fingerprint density at radius 3 is 1.07 bits per heavy atom. The van der Waals surface area contributed by atoms with Crippen LogP contribution in [-0.4, -0.2) is 55.7 Å². The summed E-state index contributed by atoms with van der Waals surface area (Å²) in [5.41, 5.74) is 2.87. The fourth-order valence-electron chi connectivity index (χ4n) is 4.62. The molecule has 0 saturated heterocycles. The predicted octanol–water partition coefficient (Wildman–Crippen LogP) is 7.86. The first kappa shape index (κ1) is 43.9. The topological polar surface area (TPSA) is 135 Å². The van der Waals surface area contributed by atoms with E-state index < -0.39 is 44.3 Å². The summed E-state index contributed by atoms with van der Waals surface area (Å²) in [4.78, 5) is -0.324. The number of ether oxygens (including phenoxy) is 2. The number of nitrogens with one attached hydrogen (secondary N) is 4. The molecule has 4 rings (SSSR count). The zero-order chi connectivity index (χ0) is 39.8. The number of halogens is 6. The van der Waals surface area contributed by atoms with Gasteiger partial charge in [-0.25, -0.2) is 16.8 Å². The van der Waals surface area contributed by atoms with Crippen LogP contribution in [0.3, 0.4) is 0 Å². The lowest BCUT2D eigenvalue weighted by atomic mass is 10.1. The Kier molecular flexibility index (Phi) is 16.4. The molecule has 0 saturated carbocycles. The van der Waals surface area contributed by atoms with Gasteiger partial charge in [-0.15, -0.1) is 26.3 Å². The molecule has 0 fully saturated rings. The quantitative estimate of drug-likeness (QED) is 0.0591. The molecule has 4 aromatic rings. The number of anilines is 2. The standard InChI is InChI=1S/2C18H21F3N2O3S/c2*1-2-12-22-13-11-14-3-5-15(6-4-14)23-27(24,25)17-9-7-16(8-10-17)26-18(19,20)21/h2*3-10,22-23H,2,11-13H2,1H3. The Morgan fingerprint density at radius 1 is 0.481 bits per heavy atom. The number of hydrogen-bond donors (Lipinski definition) is 4. The minimum atomic E-state index is -4.83. The van der Waals surface area contributed by atoms with Gasteiger partial charge in [0.25, 0.3) is 20.0 Å². The second-order valence-electron chi connectivity index (χ2n) is 11.6. The van der Waals surface area contributed by atoms with Crippen LogP contribution in [0.25, 0.3) is 0 Å². The molecule has 0 aliphatic rings. The van der Waals surface area contributed by atoms with Crippen molar-refractivity contribution in [1.29, 1.82) is 0 Å². The van der Waals surface area contributed by atoms with Gasteiger partial charge in [-0.1, -0.05) is 38.1 Å². The zero-order valence-electron chi connectivity index (χ0n) is 29.4. The van der Waals surface area contributed by atoms with Gasteiger partial charge in [0, 0.05) is 11.4 Å². The summed E-state index contributed by atoms with van der Waals surface area (Å²) in [7, 11) is -7.82. The molecule has 0 unspecified atom stereocenters. The Morgan fingerprint density at radius 2 is 0.796 bits per heavy atom. The summed E-state index contributed by atoms with van der Waals surface area (Å²) in [6.07, 6.45) is -5.88. The molecule has 0 aliphatic heterocycles. The largest absolute Gasteiger partial charge is 0.573 e. The van der Waals surface area contributed by atoms with E-state index in [-0.39, 0.29) is 9.79 Å². The molecule has 0 spiro atoms. The maximum atomic E-state index is 12.3. The lowest BCUT2D eigenvalue weighted by molar-refractivity contribution is -0.275. The smallest absolute Gasteiger partial charge is 0.406 e. The molecule has 54 heavy (non-hydrogen) atoms. The normalized spacial score (nSPS) is 12.0. The highest BCUT2D eigenvalue weighted by Crippen LogP contribution is 2.26. The van der Waals surface area contributed by atoms with Crippen molar-refractivity contribution >= 4 is 31.4 Å². The van der Waals surface area contributed by atoms with E-state index in [0.717, 1.165) is 112 Å². The summed E-state index contributed by atoms with van der Waals surface area (Å²) in [5, 5.41) is 6.57. The molecule has 4 N–H and O–H groups in total. The first-order chi connectivity index (χ1) is 25.4. The number of benzene rings is 4. The minimum Gasteiger partial charge on any atom is -0.406 e. The van der Waals surface area contributed by atoms with E-state index in [9.17, 15) is 43.2 Å². The van der Waals surface area contributed by atoms with Gasteiger partial charge >= 0.3 is 12.7 Å². The highest BCUT2D eigenvalue weighted by molar-refractivity contribution is 7.93. The molecular weight excluding hydrogens is 763 g/mol. The summed E-state index contributed by atoms with van der Waals surface area (Å²) in [6, 6.07) is 21.9. The molecular formula is C36H42F6N4O6S2. The molecule has 0 aromatic heterocycles. The Balaban J connectivity index is 0.000000290. The predicted molar refractivity (Wildman–Crippen MR) is 194 cm³/mol. The summed E-state index contributed by atoms with van der Waals surface area (Å²) in [6.45, 7) is 7.75. The summed E-state index contributed by atoms with van der Waals surface area (Å²) in [5.74, 6) is -0.968. The van der Waals surface area contributed by atoms with Crippen LogP contribution >= 0.6 is 0 Å². The number of sulfonamides is 2. The average molecular weight is 805 g/mol. The van der Waals surface area contributed by atoms with Crippen molar-refractivity contribution in [2.45, 2.75) is 62.0 Å². The monoisotopic (exact) mass is 804 g/mol. The van der Waals surface area contributed by atoms with Gasteiger partial charge < -0.3 is 20.1 Å². The minimum absolute atomic E-state index is 0.162. The second-order valence-corrected chi connectivity index (χ2v) is 15.0. The van der Waals surface area contributed by atoms with E-state index in [2.05, 4.69) is 43.4 Å². The fraction of sp³-hybridized carbons (Fsp3) is 0.333. The van der Waals surface area contributed by atoms with E-state index >= 15 is 0 Å². The van der Waals surface area contributed by atoms with Crippen molar-refractivity contribution in [3.63, 3.8) is 0 Å². The van der Waals surface area contributed by atoms with Crippen LogP contribution in [0.15, 0.2) is 107 Å². The Labute approximate surface area is 311 Å². The van der Waals surface area contributed by atoms with Crippen molar-refractivity contribution in [1.82, 2.24) is 10.6 Å². The molecule has 296 valence electrons. The number of alkyl halides is 6. The SMILES string of the molecule is CCCNCCc1ccc(NS(=O)(=O)c2ccc(OC(F)(F)F)cc2)cc1.CCCNCCc1ccc(NS(=O)(=O)c2ccc(OC(F)(F)F)cc2)cc1. The highest BCUT2D eigenvalue weighted by Gasteiger charge is 2.32. The molecule has 0 aliphatic carbocycles. The van der Waals surface area contributed by atoms with Crippen molar-refractivity contribution in [3.05, 3.63) is 108 Å². The van der Waals surface area contributed by atoms with Gasteiger partial charge in [0.2, 0.25) is 0 Å². The van der Waals surface area contributed by atoms with Crippen LogP contribution in [0.1, 0.15) is 37.8 Å². The molecule has 0 atom stereocenters. The second kappa shape index (κ2) is 20.2. The van der Waals surface area contributed by atoms with Crippen LogP contribution in [0.4, 0.5) is 37.7 Å². The van der Waals surface area contributed by atoms with Crippen LogP contribution in [0, 0.1) is 0 Å². The highest BCUT2D eigenvalue weighted by atomic mass is 32.2. The maximum Gasteiger partial charge on any atom is 0.573 e. The van der Waals surface area contributed by atoms with Crippen molar-refractivity contribution in [2.75, 3.05) is 35.6 Å². The first-order valence-corrected chi connectivity index (χ1v) is 19.7. The van der Waals surface area contributed by atoms with E-state index in [1.807, 2.05) is 24.3 Å². The third-order valence-corrected chi connectivity index (χ3v) is 9.98. The van der Waals surface area contributed by atoms with E-state index in [1.165, 1.54) is 0 Å². The molecule has 0 radical (unpaired) electrons. The van der Waals surface area contributed by atoms with Gasteiger partial charge in [0.15, 0.2) is 0 Å². The molecule has 4 aromatic carbocycles. The molecule has 0 heterocycles. The summed E-state index contributed by atoms with van der Waals surface area (Å²) >= 11 is 0. The third-order valence-electron chi connectivity index (χ3n) is 7.18. The first-order valence-electron chi connectivity index (χ1n) is 16.8. The van der Waals surface area contributed by atoms with Gasteiger partial charge in [-0.3, -0.25) is 9.44 Å². The lowest BCUT2D eigenvalue weighted by Gasteiger charge is -2.11. The maximum absolute atomic E-state index is 12.3. The lowest BCUT2D eigenvalue weighted by Crippen LogP contribution is -2.18. The van der Waals surface area contributed by atoms with E-state index in [1.54, 1.807) is 24.3 Å². The number of hydrogen-bond acceptors (Lipinski definition) is 8. The van der Waals surface area contributed by atoms with E-state index in [4.69, 9.17) is 0 Å². The van der Waals surface area contributed by atoms with Crippen LogP contribution in [-0.2, 0) is 32.9 Å². The molecule has 0 bridgehead atoms. The van der Waals surface area contributed by atoms with Gasteiger partial charge in [0.1, 0.15) is 11.5 Å². The number of rotatable bonds is 18. The summed E-state index contributed by atoms with van der Waals surface area (Å²) < 4.78 is 135. The van der Waals surface area contributed by atoms with Crippen molar-refractivity contribution in [3.8, 4) is 11.5 Å². The van der Waals surface area contributed by atoms with Crippen LogP contribution < -0.4 is 29.6 Å². The fourth-order valence-corrected chi connectivity index (χ4v) is 6.73. The van der Waals surface area contributed by atoms with Crippen LogP contribution in [0.5, 0.6) is 11.5 Å². The average Bonchev–Trinajstić information content (AvgIpc) is 3.09. The van der Waals surface area contributed by atoms with E-state index in [0.29, 0.717) is 11.4 Å². The Hall–Kier alpha value is -4.52. The van der Waals surface area contributed by atoms with Crippen LogP contribution in [0.2, 0.25) is 0 Å². The molecule has 10 nitrogen and oxygen atoms in total. The Bertz CT molecular complexity index is 1780. The van der Waals surface area contributed by atoms with Crippen molar-refractivity contribution in [2.24, 2.45) is 0 Å². The molecule has 18 heteroatoms. The van der Waals surface area contributed by atoms with Gasteiger partial charge in [0.05, 0.1) is 9.79 Å². The third kappa shape index (κ3) is 16.2. The van der Waals surface area contributed by atoms with Gasteiger partial charge in [-0.05, 0) is 136 Å². The van der Waals surface area contributed by atoms with Crippen molar-refractivity contribution < 1.29 is 52.7 Å².